The molecule has 0 aliphatic heterocycles. The highest BCUT2D eigenvalue weighted by Gasteiger charge is 2.02. The topological polar surface area (TPSA) is 38.9 Å². The number of pyridine rings is 1. The zero-order chi connectivity index (χ0) is 11.7. The van der Waals surface area contributed by atoms with Gasteiger partial charge in [-0.05, 0) is 13.0 Å². The maximum Gasteiger partial charge on any atom is 0.166 e. The summed E-state index contributed by atoms with van der Waals surface area (Å²) in [6.07, 6.45) is 0. The van der Waals surface area contributed by atoms with Crippen LogP contribution in [0.2, 0.25) is 5.02 Å². The van der Waals surface area contributed by atoms with Gasteiger partial charge in [-0.1, -0.05) is 39.3 Å². The summed E-state index contributed by atoms with van der Waals surface area (Å²) in [7, 11) is 0. The Morgan fingerprint density at radius 1 is 1.29 bits per heavy atom. The summed E-state index contributed by atoms with van der Waals surface area (Å²) in [4.78, 5) is 3.64. The summed E-state index contributed by atoms with van der Waals surface area (Å²) in [5.41, 5.74) is 5.69. The molecule has 0 saturated carbocycles. The molecule has 2 N–H and O–H groups in total. The number of rotatable bonds is 0. The molecule has 0 aromatic carbocycles. The molecule has 0 amide bonds. The van der Waals surface area contributed by atoms with Crippen molar-refractivity contribution >= 4 is 17.4 Å². The summed E-state index contributed by atoms with van der Waals surface area (Å²) in [5, 5.41) is 0.298. The first-order chi connectivity index (χ1) is 6.61. The second kappa shape index (κ2) is 8.75. The molecule has 0 saturated heterocycles. The normalized spacial score (nSPS) is 7.93. The Labute approximate surface area is 90.3 Å². The Kier molecular flexibility index (Phi) is 9.78. The Morgan fingerprint density at radius 3 is 2.07 bits per heavy atom. The minimum atomic E-state index is -0.574. The molecule has 0 unspecified atom stereocenters. The fourth-order valence-electron chi connectivity index (χ4n) is 0.577. The minimum absolute atomic E-state index is 0.109. The van der Waals surface area contributed by atoms with Crippen LogP contribution in [0.4, 0.5) is 10.2 Å². The van der Waals surface area contributed by atoms with Gasteiger partial charge in [0, 0.05) is 0 Å². The van der Waals surface area contributed by atoms with Gasteiger partial charge in [-0.15, -0.1) is 0 Å². The predicted molar refractivity (Wildman–Crippen MR) is 61.1 cm³/mol. The first kappa shape index (κ1) is 15.6. The maximum atomic E-state index is 12.5. The smallest absolute Gasteiger partial charge is 0.166 e. The summed E-state index contributed by atoms with van der Waals surface area (Å²) < 4.78 is 12.5. The van der Waals surface area contributed by atoms with Crippen molar-refractivity contribution in [1.82, 2.24) is 4.98 Å². The van der Waals surface area contributed by atoms with E-state index in [0.717, 1.165) is 6.07 Å². The van der Waals surface area contributed by atoms with E-state index in [9.17, 15) is 4.39 Å². The second-order valence-electron chi connectivity index (χ2n) is 1.92. The maximum absolute atomic E-state index is 12.5. The number of aromatic nitrogens is 1. The number of hydrogen-bond acceptors (Lipinski definition) is 2. The van der Waals surface area contributed by atoms with E-state index in [0.29, 0.717) is 10.7 Å². The third kappa shape index (κ3) is 5.02. The van der Waals surface area contributed by atoms with Crippen molar-refractivity contribution in [1.29, 1.82) is 0 Å². The van der Waals surface area contributed by atoms with Gasteiger partial charge in [0.05, 0.1) is 10.7 Å². The molecular weight excluding hydrogens is 203 g/mol. The third-order valence-electron chi connectivity index (χ3n) is 1.13. The molecule has 4 heteroatoms. The SMILES string of the molecule is CC.CC.Cc1nc(N)c(F)cc1Cl. The van der Waals surface area contributed by atoms with E-state index in [1.807, 2.05) is 27.7 Å². The van der Waals surface area contributed by atoms with Crippen molar-refractivity contribution in [3.05, 3.63) is 22.6 Å². The second-order valence-corrected chi connectivity index (χ2v) is 2.33. The molecule has 1 aromatic heterocycles. The van der Waals surface area contributed by atoms with Crippen molar-refractivity contribution in [3.8, 4) is 0 Å². The molecule has 0 atom stereocenters. The lowest BCUT2D eigenvalue weighted by Gasteiger charge is -1.98. The predicted octanol–water partition coefficient (Wildman–Crippen LogP) is 3.82. The highest BCUT2D eigenvalue weighted by molar-refractivity contribution is 6.31. The zero-order valence-electron chi connectivity index (χ0n) is 9.36. The Balaban J connectivity index is 0. The largest absolute Gasteiger partial charge is 0.381 e. The lowest BCUT2D eigenvalue weighted by Crippen LogP contribution is -1.96. The molecule has 0 aliphatic carbocycles. The molecular formula is C10H18ClFN2. The fourth-order valence-corrected chi connectivity index (χ4v) is 0.715. The van der Waals surface area contributed by atoms with Crippen LogP contribution >= 0.6 is 11.6 Å². The van der Waals surface area contributed by atoms with Gasteiger partial charge in [0.15, 0.2) is 11.6 Å². The van der Waals surface area contributed by atoms with Crippen molar-refractivity contribution in [2.24, 2.45) is 0 Å². The summed E-state index contributed by atoms with van der Waals surface area (Å²) in [6.45, 7) is 9.66. The number of nitrogen functional groups attached to an aromatic ring is 1. The molecule has 0 bridgehead atoms. The first-order valence-electron chi connectivity index (χ1n) is 4.69. The number of aryl methyl sites for hydroxylation is 1. The summed E-state index contributed by atoms with van der Waals surface area (Å²) in [6, 6.07) is 1.15. The van der Waals surface area contributed by atoms with Crippen LogP contribution in [-0.4, -0.2) is 4.98 Å². The van der Waals surface area contributed by atoms with Gasteiger partial charge in [0.25, 0.3) is 0 Å². The average molecular weight is 221 g/mol. The lowest BCUT2D eigenvalue weighted by molar-refractivity contribution is 0.626. The standard InChI is InChI=1S/C6H6ClFN2.2C2H6/c1-3-4(7)2-5(8)6(9)10-3;2*1-2/h2H,1H3,(H2,9,10);2*1-2H3. The van der Waals surface area contributed by atoms with E-state index in [1.165, 1.54) is 0 Å². The van der Waals surface area contributed by atoms with Gasteiger partial charge in [0.1, 0.15) is 0 Å². The number of anilines is 1. The summed E-state index contributed by atoms with van der Waals surface area (Å²) in [5.74, 6) is -0.683. The first-order valence-corrected chi connectivity index (χ1v) is 5.07. The van der Waals surface area contributed by atoms with Crippen LogP contribution in [0.3, 0.4) is 0 Å². The van der Waals surface area contributed by atoms with E-state index in [4.69, 9.17) is 17.3 Å². The van der Waals surface area contributed by atoms with Gasteiger partial charge in [0.2, 0.25) is 0 Å². The fraction of sp³-hybridized carbons (Fsp3) is 0.500. The third-order valence-corrected chi connectivity index (χ3v) is 1.51. The Bertz CT molecular complexity index is 214. The average Bonchev–Trinajstić information content (AvgIpc) is 2.21. The molecule has 1 aromatic rings. The minimum Gasteiger partial charge on any atom is -0.381 e. The van der Waals surface area contributed by atoms with Crippen LogP contribution < -0.4 is 5.73 Å². The van der Waals surface area contributed by atoms with Crippen LogP contribution in [-0.2, 0) is 0 Å². The van der Waals surface area contributed by atoms with Gasteiger partial charge in [-0.2, -0.15) is 0 Å². The van der Waals surface area contributed by atoms with Gasteiger partial charge in [-0.25, -0.2) is 9.37 Å². The van der Waals surface area contributed by atoms with Crippen LogP contribution in [0.15, 0.2) is 6.07 Å². The molecule has 2 nitrogen and oxygen atoms in total. The molecule has 14 heavy (non-hydrogen) atoms. The van der Waals surface area contributed by atoms with Crippen LogP contribution in [0.1, 0.15) is 33.4 Å². The van der Waals surface area contributed by atoms with Crippen LogP contribution in [0.5, 0.6) is 0 Å². The summed E-state index contributed by atoms with van der Waals surface area (Å²) >= 11 is 5.53. The van der Waals surface area contributed by atoms with Gasteiger partial charge >= 0.3 is 0 Å². The molecule has 0 radical (unpaired) electrons. The van der Waals surface area contributed by atoms with E-state index in [2.05, 4.69) is 4.98 Å². The van der Waals surface area contributed by atoms with Crippen molar-refractivity contribution < 1.29 is 4.39 Å². The lowest BCUT2D eigenvalue weighted by atomic mass is 10.3. The molecule has 0 spiro atoms. The Hall–Kier alpha value is -0.830. The van der Waals surface area contributed by atoms with E-state index in [-0.39, 0.29) is 5.82 Å². The van der Waals surface area contributed by atoms with Crippen LogP contribution in [0.25, 0.3) is 0 Å². The van der Waals surface area contributed by atoms with Crippen LogP contribution in [0, 0.1) is 12.7 Å². The zero-order valence-corrected chi connectivity index (χ0v) is 10.1. The Morgan fingerprint density at radius 2 is 1.71 bits per heavy atom. The molecule has 82 valence electrons. The van der Waals surface area contributed by atoms with Crippen molar-refractivity contribution in [2.45, 2.75) is 34.6 Å². The number of halogens is 2. The van der Waals surface area contributed by atoms with E-state index >= 15 is 0 Å². The molecule has 0 fully saturated rings. The van der Waals surface area contributed by atoms with Crippen molar-refractivity contribution in [2.75, 3.05) is 5.73 Å². The molecule has 1 heterocycles. The van der Waals surface area contributed by atoms with Crippen molar-refractivity contribution in [3.63, 3.8) is 0 Å². The van der Waals surface area contributed by atoms with Gasteiger partial charge in [-0.3, -0.25) is 0 Å². The highest BCUT2D eigenvalue weighted by atomic mass is 35.5. The quantitative estimate of drug-likeness (QED) is 0.722. The molecule has 1 rings (SSSR count). The monoisotopic (exact) mass is 220 g/mol. The van der Waals surface area contributed by atoms with E-state index in [1.54, 1.807) is 6.92 Å². The highest BCUT2D eigenvalue weighted by Crippen LogP contribution is 2.17. The van der Waals surface area contributed by atoms with Gasteiger partial charge < -0.3 is 5.73 Å². The van der Waals surface area contributed by atoms with E-state index < -0.39 is 5.82 Å². The number of hydrogen-bond donors (Lipinski definition) is 1. The number of nitrogens with zero attached hydrogens (tertiary/aromatic N) is 1. The molecule has 0 aliphatic rings. The number of nitrogens with two attached hydrogens (primary N) is 1.